The SMILES string of the molecule is CC#CC(=O)C(CC)CCC. The summed E-state index contributed by atoms with van der Waals surface area (Å²) in [6, 6.07) is 0. The largest absolute Gasteiger partial charge is 0.285 e. The van der Waals surface area contributed by atoms with Gasteiger partial charge in [0.15, 0.2) is 0 Å². The van der Waals surface area contributed by atoms with Crippen molar-refractivity contribution in [3.05, 3.63) is 0 Å². The lowest BCUT2D eigenvalue weighted by Crippen LogP contribution is -2.10. The van der Waals surface area contributed by atoms with Gasteiger partial charge in [-0.2, -0.15) is 0 Å². The standard InChI is InChI=1S/C10H16O/c1-4-7-9(6-3)10(11)8-5-2/h9H,4,6-7H2,1-3H3. The highest BCUT2D eigenvalue weighted by Crippen LogP contribution is 2.10. The Morgan fingerprint density at radius 2 is 2.09 bits per heavy atom. The van der Waals surface area contributed by atoms with Crippen LogP contribution < -0.4 is 0 Å². The Labute approximate surface area is 69.2 Å². The number of hydrogen-bond acceptors (Lipinski definition) is 1. The van der Waals surface area contributed by atoms with E-state index in [0.717, 1.165) is 19.3 Å². The highest BCUT2D eigenvalue weighted by Gasteiger charge is 2.11. The van der Waals surface area contributed by atoms with E-state index in [1.54, 1.807) is 6.92 Å². The molecule has 0 aliphatic carbocycles. The van der Waals surface area contributed by atoms with Crippen molar-refractivity contribution in [2.45, 2.75) is 40.0 Å². The van der Waals surface area contributed by atoms with Gasteiger partial charge in [0.25, 0.3) is 0 Å². The van der Waals surface area contributed by atoms with Crippen molar-refractivity contribution < 1.29 is 4.79 Å². The number of carbonyl (C=O) groups excluding carboxylic acids is 1. The molecule has 0 aliphatic rings. The van der Waals surface area contributed by atoms with Crippen LogP contribution in [-0.2, 0) is 4.79 Å². The smallest absolute Gasteiger partial charge is 0.208 e. The van der Waals surface area contributed by atoms with Gasteiger partial charge in [-0.15, -0.1) is 0 Å². The highest BCUT2D eigenvalue weighted by atomic mass is 16.1. The van der Waals surface area contributed by atoms with Gasteiger partial charge >= 0.3 is 0 Å². The summed E-state index contributed by atoms with van der Waals surface area (Å²) in [5.41, 5.74) is 0. The summed E-state index contributed by atoms with van der Waals surface area (Å²) < 4.78 is 0. The van der Waals surface area contributed by atoms with Gasteiger partial charge < -0.3 is 0 Å². The van der Waals surface area contributed by atoms with Crippen molar-refractivity contribution in [2.24, 2.45) is 5.92 Å². The third-order valence-electron chi connectivity index (χ3n) is 1.75. The minimum absolute atomic E-state index is 0.108. The summed E-state index contributed by atoms with van der Waals surface area (Å²) >= 11 is 0. The molecule has 1 nitrogen and oxygen atoms in total. The molecule has 0 bridgehead atoms. The van der Waals surface area contributed by atoms with Crippen molar-refractivity contribution in [3.8, 4) is 11.8 Å². The molecule has 0 aromatic heterocycles. The lowest BCUT2D eigenvalue weighted by atomic mass is 9.96. The first-order valence-corrected chi connectivity index (χ1v) is 4.22. The predicted octanol–water partition coefficient (Wildman–Crippen LogP) is 2.41. The van der Waals surface area contributed by atoms with Crippen molar-refractivity contribution >= 4 is 5.78 Å². The van der Waals surface area contributed by atoms with Crippen LogP contribution in [0.3, 0.4) is 0 Å². The lowest BCUT2D eigenvalue weighted by Gasteiger charge is -2.06. The average molecular weight is 152 g/mol. The number of hydrogen-bond donors (Lipinski definition) is 0. The van der Waals surface area contributed by atoms with Crippen molar-refractivity contribution in [1.82, 2.24) is 0 Å². The van der Waals surface area contributed by atoms with Gasteiger partial charge in [-0.3, -0.25) is 4.79 Å². The second-order valence-electron chi connectivity index (χ2n) is 2.63. The molecule has 11 heavy (non-hydrogen) atoms. The van der Waals surface area contributed by atoms with Crippen LogP contribution in [0.15, 0.2) is 0 Å². The Bertz CT molecular complexity index is 171. The predicted molar refractivity (Wildman–Crippen MR) is 47.1 cm³/mol. The van der Waals surface area contributed by atoms with Crippen LogP contribution in [0.4, 0.5) is 0 Å². The fraction of sp³-hybridized carbons (Fsp3) is 0.700. The van der Waals surface area contributed by atoms with E-state index in [1.807, 2.05) is 6.92 Å². The average Bonchev–Trinajstić information content (AvgIpc) is 2.00. The second-order valence-corrected chi connectivity index (χ2v) is 2.63. The van der Waals surface area contributed by atoms with E-state index in [0.29, 0.717) is 0 Å². The minimum atomic E-state index is 0.108. The van der Waals surface area contributed by atoms with E-state index in [9.17, 15) is 4.79 Å². The van der Waals surface area contributed by atoms with Gasteiger partial charge in [-0.1, -0.05) is 26.2 Å². The maximum atomic E-state index is 11.2. The molecule has 1 atom stereocenters. The minimum Gasteiger partial charge on any atom is -0.285 e. The number of ketones is 1. The molecule has 0 N–H and O–H groups in total. The topological polar surface area (TPSA) is 17.1 Å². The monoisotopic (exact) mass is 152 g/mol. The third-order valence-corrected chi connectivity index (χ3v) is 1.75. The molecule has 1 heteroatoms. The molecule has 1 unspecified atom stereocenters. The number of Topliss-reactive ketones (excluding diaryl/α,β-unsaturated/α-hetero) is 1. The van der Waals surface area contributed by atoms with Crippen LogP contribution in [0.5, 0.6) is 0 Å². The molecule has 0 spiro atoms. The van der Waals surface area contributed by atoms with E-state index in [2.05, 4.69) is 18.8 Å². The normalized spacial score (nSPS) is 11.5. The van der Waals surface area contributed by atoms with Crippen molar-refractivity contribution in [1.29, 1.82) is 0 Å². The molecule has 0 saturated heterocycles. The maximum absolute atomic E-state index is 11.2. The molecule has 62 valence electrons. The van der Waals surface area contributed by atoms with Gasteiger partial charge in [0.1, 0.15) is 0 Å². The summed E-state index contributed by atoms with van der Waals surface area (Å²) in [5.74, 6) is 5.52. The maximum Gasteiger partial charge on any atom is 0.208 e. The molecular weight excluding hydrogens is 136 g/mol. The zero-order valence-corrected chi connectivity index (χ0v) is 7.61. The van der Waals surface area contributed by atoms with E-state index in [-0.39, 0.29) is 11.7 Å². The Kier molecular flexibility index (Phi) is 5.56. The van der Waals surface area contributed by atoms with Crippen molar-refractivity contribution in [3.63, 3.8) is 0 Å². The first-order chi connectivity index (χ1) is 5.26. The van der Waals surface area contributed by atoms with Gasteiger partial charge in [0, 0.05) is 5.92 Å². The van der Waals surface area contributed by atoms with Crippen LogP contribution in [0, 0.1) is 17.8 Å². The first-order valence-electron chi connectivity index (χ1n) is 4.22. The van der Waals surface area contributed by atoms with Crippen molar-refractivity contribution in [2.75, 3.05) is 0 Å². The van der Waals surface area contributed by atoms with Crippen LogP contribution in [0.2, 0.25) is 0 Å². The molecular formula is C10H16O. The Morgan fingerprint density at radius 3 is 2.45 bits per heavy atom. The van der Waals surface area contributed by atoms with Crippen LogP contribution >= 0.6 is 0 Å². The van der Waals surface area contributed by atoms with Crippen LogP contribution in [0.1, 0.15) is 40.0 Å². The summed E-state index contributed by atoms with van der Waals surface area (Å²) in [7, 11) is 0. The van der Waals surface area contributed by atoms with Gasteiger partial charge in [-0.25, -0.2) is 0 Å². The highest BCUT2D eigenvalue weighted by molar-refractivity contribution is 5.97. The molecule has 0 aromatic carbocycles. The summed E-state index contributed by atoms with van der Waals surface area (Å²) in [5, 5.41) is 0. The summed E-state index contributed by atoms with van der Waals surface area (Å²) in [4.78, 5) is 11.2. The molecule has 0 radical (unpaired) electrons. The summed E-state index contributed by atoms with van der Waals surface area (Å²) in [6.07, 6.45) is 2.96. The van der Waals surface area contributed by atoms with Gasteiger partial charge in [0.05, 0.1) is 0 Å². The quantitative estimate of drug-likeness (QED) is 0.446. The molecule has 0 heterocycles. The summed E-state index contributed by atoms with van der Waals surface area (Å²) in [6.45, 7) is 5.83. The zero-order valence-electron chi connectivity index (χ0n) is 7.61. The molecule has 0 fully saturated rings. The molecule has 0 aromatic rings. The molecule has 0 amide bonds. The molecule has 0 saturated carbocycles. The third kappa shape index (κ3) is 3.83. The van der Waals surface area contributed by atoms with E-state index < -0.39 is 0 Å². The van der Waals surface area contributed by atoms with Crippen LogP contribution in [0.25, 0.3) is 0 Å². The van der Waals surface area contributed by atoms with E-state index in [1.165, 1.54) is 0 Å². The van der Waals surface area contributed by atoms with E-state index in [4.69, 9.17) is 0 Å². The fourth-order valence-electron chi connectivity index (χ4n) is 1.09. The second kappa shape index (κ2) is 5.97. The lowest BCUT2D eigenvalue weighted by molar-refractivity contribution is -0.117. The molecule has 0 aliphatic heterocycles. The Hall–Kier alpha value is -0.770. The van der Waals surface area contributed by atoms with Crippen LogP contribution in [-0.4, -0.2) is 5.78 Å². The Morgan fingerprint density at radius 1 is 1.45 bits per heavy atom. The zero-order chi connectivity index (χ0) is 8.69. The first kappa shape index (κ1) is 10.2. The van der Waals surface area contributed by atoms with Gasteiger partial charge in [-0.05, 0) is 25.7 Å². The molecule has 0 rings (SSSR count). The Balaban J connectivity index is 3.98. The number of rotatable bonds is 4. The van der Waals surface area contributed by atoms with E-state index >= 15 is 0 Å². The number of carbonyl (C=O) groups is 1. The van der Waals surface area contributed by atoms with Gasteiger partial charge in [0.2, 0.25) is 5.78 Å². The fourth-order valence-corrected chi connectivity index (χ4v) is 1.09.